The Hall–Kier alpha value is -1.90. The summed E-state index contributed by atoms with van der Waals surface area (Å²) in [5, 5.41) is 4.51. The molecule has 0 fully saturated rings. The predicted molar refractivity (Wildman–Crippen MR) is 77.0 cm³/mol. The van der Waals surface area contributed by atoms with Crippen molar-refractivity contribution in [3.05, 3.63) is 41.7 Å². The van der Waals surface area contributed by atoms with Crippen LogP contribution in [-0.4, -0.2) is 15.6 Å². The van der Waals surface area contributed by atoms with Crippen molar-refractivity contribution in [2.45, 2.75) is 33.1 Å². The summed E-state index contributed by atoms with van der Waals surface area (Å²) >= 11 is 0. The Balaban J connectivity index is 2.28. The monoisotopic (exact) mass is 256 g/mol. The fourth-order valence-corrected chi connectivity index (χ4v) is 2.29. The minimum Gasteiger partial charge on any atom is -0.300 e. The second-order valence-electron chi connectivity index (χ2n) is 4.99. The molecule has 0 aliphatic carbocycles. The molecular formula is C16H20N2O. The first-order valence-corrected chi connectivity index (χ1v) is 6.71. The summed E-state index contributed by atoms with van der Waals surface area (Å²) in [7, 11) is 1.95. The lowest BCUT2D eigenvalue weighted by atomic mass is 10.0. The second-order valence-corrected chi connectivity index (χ2v) is 4.99. The normalized spacial score (nSPS) is 10.7. The fourth-order valence-electron chi connectivity index (χ4n) is 2.29. The van der Waals surface area contributed by atoms with Gasteiger partial charge in [-0.1, -0.05) is 37.6 Å². The largest absolute Gasteiger partial charge is 0.300 e. The summed E-state index contributed by atoms with van der Waals surface area (Å²) in [5.41, 5.74) is 4.57. The van der Waals surface area contributed by atoms with E-state index in [-0.39, 0.29) is 5.78 Å². The topological polar surface area (TPSA) is 34.9 Å². The molecule has 0 unspecified atom stereocenters. The lowest BCUT2D eigenvalue weighted by Crippen LogP contribution is -1.95. The summed E-state index contributed by atoms with van der Waals surface area (Å²) in [4.78, 5) is 11.1. The molecule has 100 valence electrons. The summed E-state index contributed by atoms with van der Waals surface area (Å²) in [6.45, 7) is 3.78. The van der Waals surface area contributed by atoms with Crippen LogP contribution in [0, 0.1) is 0 Å². The van der Waals surface area contributed by atoms with Crippen LogP contribution in [0.5, 0.6) is 0 Å². The first-order valence-electron chi connectivity index (χ1n) is 6.71. The van der Waals surface area contributed by atoms with Gasteiger partial charge in [-0.25, -0.2) is 0 Å². The van der Waals surface area contributed by atoms with Crippen molar-refractivity contribution in [1.82, 2.24) is 9.78 Å². The van der Waals surface area contributed by atoms with Gasteiger partial charge in [0.25, 0.3) is 0 Å². The van der Waals surface area contributed by atoms with Crippen molar-refractivity contribution in [3.8, 4) is 11.1 Å². The van der Waals surface area contributed by atoms with E-state index in [9.17, 15) is 4.79 Å². The molecule has 1 aromatic heterocycles. The number of ketones is 1. The SMILES string of the molecule is CCCc1nn(C)cc1-c1ccc(CC(C)=O)cc1. The highest BCUT2D eigenvalue weighted by atomic mass is 16.1. The Kier molecular flexibility index (Phi) is 4.15. The van der Waals surface area contributed by atoms with Gasteiger partial charge in [0.1, 0.15) is 5.78 Å². The quantitative estimate of drug-likeness (QED) is 0.823. The maximum absolute atomic E-state index is 11.1. The van der Waals surface area contributed by atoms with Crippen molar-refractivity contribution in [3.63, 3.8) is 0 Å². The lowest BCUT2D eigenvalue weighted by Gasteiger charge is -2.03. The number of aryl methyl sites for hydroxylation is 2. The van der Waals surface area contributed by atoms with Crippen molar-refractivity contribution >= 4 is 5.78 Å². The van der Waals surface area contributed by atoms with E-state index in [2.05, 4.69) is 30.4 Å². The van der Waals surface area contributed by atoms with Crippen LogP contribution in [0.25, 0.3) is 11.1 Å². The molecule has 1 aromatic carbocycles. The highest BCUT2D eigenvalue weighted by Gasteiger charge is 2.09. The Morgan fingerprint density at radius 2 is 1.95 bits per heavy atom. The van der Waals surface area contributed by atoms with E-state index in [0.717, 1.165) is 24.1 Å². The molecular weight excluding hydrogens is 236 g/mol. The summed E-state index contributed by atoms with van der Waals surface area (Å²) < 4.78 is 1.86. The minimum atomic E-state index is 0.195. The Bertz CT molecular complexity index is 567. The molecule has 0 spiro atoms. The Morgan fingerprint density at radius 3 is 2.53 bits per heavy atom. The van der Waals surface area contributed by atoms with E-state index in [4.69, 9.17) is 0 Å². The average Bonchev–Trinajstić information content (AvgIpc) is 2.71. The zero-order valence-corrected chi connectivity index (χ0v) is 11.8. The standard InChI is InChI=1S/C16H20N2O/c1-4-5-16-15(11-18(3)17-16)14-8-6-13(7-9-14)10-12(2)19/h6-9,11H,4-5,10H2,1-3H3. The van der Waals surface area contributed by atoms with Crippen molar-refractivity contribution < 1.29 is 4.79 Å². The number of aromatic nitrogens is 2. The van der Waals surface area contributed by atoms with E-state index >= 15 is 0 Å². The van der Waals surface area contributed by atoms with Gasteiger partial charge in [0.15, 0.2) is 0 Å². The molecule has 0 bridgehead atoms. The molecule has 0 saturated heterocycles. The molecule has 0 aliphatic rings. The molecule has 2 rings (SSSR count). The molecule has 0 amide bonds. The third-order valence-corrected chi connectivity index (χ3v) is 3.11. The number of hydrogen-bond acceptors (Lipinski definition) is 2. The number of rotatable bonds is 5. The van der Waals surface area contributed by atoms with Gasteiger partial charge < -0.3 is 0 Å². The van der Waals surface area contributed by atoms with Crippen molar-refractivity contribution in [2.75, 3.05) is 0 Å². The highest BCUT2D eigenvalue weighted by Crippen LogP contribution is 2.24. The van der Waals surface area contributed by atoms with E-state index < -0.39 is 0 Å². The van der Waals surface area contributed by atoms with E-state index in [0.29, 0.717) is 6.42 Å². The van der Waals surface area contributed by atoms with Crippen molar-refractivity contribution in [1.29, 1.82) is 0 Å². The summed E-state index contributed by atoms with van der Waals surface area (Å²) in [5.74, 6) is 0.195. The van der Waals surface area contributed by atoms with Gasteiger partial charge in [-0.3, -0.25) is 9.48 Å². The lowest BCUT2D eigenvalue weighted by molar-refractivity contribution is -0.116. The Morgan fingerprint density at radius 1 is 1.26 bits per heavy atom. The molecule has 0 N–H and O–H groups in total. The number of hydrogen-bond donors (Lipinski definition) is 0. The molecule has 0 radical (unpaired) electrons. The Labute approximate surface area is 114 Å². The molecule has 19 heavy (non-hydrogen) atoms. The number of nitrogens with zero attached hydrogens (tertiary/aromatic N) is 2. The van der Waals surface area contributed by atoms with Gasteiger partial charge in [-0.15, -0.1) is 0 Å². The van der Waals surface area contributed by atoms with Crippen LogP contribution in [0.3, 0.4) is 0 Å². The van der Waals surface area contributed by atoms with Gasteiger partial charge in [0, 0.05) is 25.2 Å². The smallest absolute Gasteiger partial charge is 0.134 e. The van der Waals surface area contributed by atoms with Gasteiger partial charge >= 0.3 is 0 Å². The average molecular weight is 256 g/mol. The van der Waals surface area contributed by atoms with Gasteiger partial charge in [0.05, 0.1) is 5.69 Å². The summed E-state index contributed by atoms with van der Waals surface area (Å²) in [6, 6.07) is 8.21. The molecule has 3 nitrogen and oxygen atoms in total. The fraction of sp³-hybridized carbons (Fsp3) is 0.375. The first kappa shape index (κ1) is 13.5. The molecule has 3 heteroatoms. The minimum absolute atomic E-state index is 0.195. The molecule has 1 heterocycles. The van der Waals surface area contributed by atoms with E-state index in [1.807, 2.05) is 23.9 Å². The van der Waals surface area contributed by atoms with Gasteiger partial charge in [-0.2, -0.15) is 5.10 Å². The second kappa shape index (κ2) is 5.83. The van der Waals surface area contributed by atoms with Crippen LogP contribution >= 0.6 is 0 Å². The predicted octanol–water partition coefficient (Wildman–Crippen LogP) is 3.17. The van der Waals surface area contributed by atoms with Crippen molar-refractivity contribution in [2.24, 2.45) is 7.05 Å². The van der Waals surface area contributed by atoms with E-state index in [1.54, 1.807) is 6.92 Å². The molecule has 0 saturated carbocycles. The highest BCUT2D eigenvalue weighted by molar-refractivity contribution is 5.78. The van der Waals surface area contributed by atoms with Crippen LogP contribution in [-0.2, 0) is 24.7 Å². The first-order chi connectivity index (χ1) is 9.10. The van der Waals surface area contributed by atoms with E-state index in [1.165, 1.54) is 11.1 Å². The zero-order valence-electron chi connectivity index (χ0n) is 11.8. The number of carbonyl (C=O) groups is 1. The maximum atomic E-state index is 11.1. The maximum Gasteiger partial charge on any atom is 0.134 e. The molecule has 0 atom stereocenters. The van der Waals surface area contributed by atoms with Crippen LogP contribution in [0.2, 0.25) is 0 Å². The zero-order chi connectivity index (χ0) is 13.8. The third-order valence-electron chi connectivity index (χ3n) is 3.11. The van der Waals surface area contributed by atoms with Crippen LogP contribution in [0.1, 0.15) is 31.5 Å². The van der Waals surface area contributed by atoms with Crippen LogP contribution in [0.15, 0.2) is 30.5 Å². The molecule has 0 aliphatic heterocycles. The van der Waals surface area contributed by atoms with Gasteiger partial charge in [0.2, 0.25) is 0 Å². The number of Topliss-reactive ketones (excluding diaryl/α,β-unsaturated/α-hetero) is 1. The number of carbonyl (C=O) groups excluding carboxylic acids is 1. The van der Waals surface area contributed by atoms with Crippen LogP contribution < -0.4 is 0 Å². The summed E-state index contributed by atoms with van der Waals surface area (Å²) in [6.07, 6.45) is 4.65. The van der Waals surface area contributed by atoms with Crippen LogP contribution in [0.4, 0.5) is 0 Å². The number of benzene rings is 1. The van der Waals surface area contributed by atoms with Gasteiger partial charge in [-0.05, 0) is 24.5 Å². The third kappa shape index (κ3) is 3.31. The molecule has 2 aromatic rings.